The number of nitrogens with one attached hydrogen (secondary N) is 1. The van der Waals surface area contributed by atoms with Crippen LogP contribution < -0.4 is 16.0 Å². The standard InChI is InChI=1S/C10H11F3N2O4/c1-2-18-9(17)7-8(19-10(11,12)13)5(4-14)3-6(16)15-7/h3H,2,4,14H2,1H3,(H,15,16). The summed E-state index contributed by atoms with van der Waals surface area (Å²) < 4.78 is 45.1. The summed E-state index contributed by atoms with van der Waals surface area (Å²) in [6.45, 7) is 0.994. The molecule has 6 nitrogen and oxygen atoms in total. The number of pyridine rings is 1. The lowest BCUT2D eigenvalue weighted by Crippen LogP contribution is -2.25. The second-order valence-electron chi connectivity index (χ2n) is 3.34. The van der Waals surface area contributed by atoms with Gasteiger partial charge in [-0.1, -0.05) is 0 Å². The molecule has 0 aliphatic rings. The van der Waals surface area contributed by atoms with Crippen molar-refractivity contribution in [2.45, 2.75) is 19.8 Å². The van der Waals surface area contributed by atoms with Crippen LogP contribution >= 0.6 is 0 Å². The van der Waals surface area contributed by atoms with Crippen LogP contribution in [0.15, 0.2) is 10.9 Å². The number of nitrogens with two attached hydrogens (primary N) is 1. The van der Waals surface area contributed by atoms with Gasteiger partial charge >= 0.3 is 12.3 Å². The second-order valence-corrected chi connectivity index (χ2v) is 3.34. The summed E-state index contributed by atoms with van der Waals surface area (Å²) in [6, 6.07) is 0.823. The van der Waals surface area contributed by atoms with Crippen LogP contribution in [0.4, 0.5) is 13.2 Å². The summed E-state index contributed by atoms with van der Waals surface area (Å²) in [5.41, 5.74) is 3.49. The number of ether oxygens (including phenoxy) is 2. The largest absolute Gasteiger partial charge is 0.573 e. The molecule has 1 aromatic heterocycles. The van der Waals surface area contributed by atoms with E-state index < -0.39 is 35.9 Å². The van der Waals surface area contributed by atoms with Gasteiger partial charge in [0.1, 0.15) is 0 Å². The van der Waals surface area contributed by atoms with E-state index in [0.29, 0.717) is 0 Å². The molecule has 0 saturated carbocycles. The van der Waals surface area contributed by atoms with Crippen LogP contribution in [-0.2, 0) is 11.3 Å². The van der Waals surface area contributed by atoms with Crippen molar-refractivity contribution in [3.05, 3.63) is 27.7 Å². The third-order valence-corrected chi connectivity index (χ3v) is 1.99. The van der Waals surface area contributed by atoms with Crippen LogP contribution in [0.1, 0.15) is 23.0 Å². The lowest BCUT2D eigenvalue weighted by atomic mass is 10.2. The molecule has 9 heteroatoms. The normalized spacial score (nSPS) is 11.2. The van der Waals surface area contributed by atoms with Crippen LogP contribution in [-0.4, -0.2) is 23.9 Å². The maximum Gasteiger partial charge on any atom is 0.573 e. The third kappa shape index (κ3) is 3.98. The number of hydrogen-bond donors (Lipinski definition) is 2. The van der Waals surface area contributed by atoms with Gasteiger partial charge in [0.05, 0.1) is 6.61 Å². The molecule has 1 aromatic rings. The van der Waals surface area contributed by atoms with E-state index in [2.05, 4.69) is 9.47 Å². The topological polar surface area (TPSA) is 94.4 Å². The molecule has 0 aromatic carbocycles. The Morgan fingerprint density at radius 3 is 2.58 bits per heavy atom. The molecule has 0 atom stereocenters. The lowest BCUT2D eigenvalue weighted by molar-refractivity contribution is -0.275. The highest BCUT2D eigenvalue weighted by atomic mass is 19.4. The first-order valence-electron chi connectivity index (χ1n) is 5.17. The Labute approximate surface area is 105 Å². The number of aromatic nitrogens is 1. The Hall–Kier alpha value is -2.03. The number of H-pyrrole nitrogens is 1. The molecule has 106 valence electrons. The van der Waals surface area contributed by atoms with Crippen molar-refractivity contribution in [2.75, 3.05) is 6.61 Å². The van der Waals surface area contributed by atoms with E-state index in [4.69, 9.17) is 5.73 Å². The third-order valence-electron chi connectivity index (χ3n) is 1.99. The van der Waals surface area contributed by atoms with Crippen LogP contribution in [0.3, 0.4) is 0 Å². The Bertz CT molecular complexity index is 524. The number of carbonyl (C=O) groups is 1. The van der Waals surface area contributed by atoms with E-state index in [0.717, 1.165) is 6.07 Å². The number of alkyl halides is 3. The van der Waals surface area contributed by atoms with Gasteiger partial charge in [0.2, 0.25) is 5.56 Å². The quantitative estimate of drug-likeness (QED) is 0.799. The van der Waals surface area contributed by atoms with Crippen molar-refractivity contribution >= 4 is 5.97 Å². The monoisotopic (exact) mass is 280 g/mol. The Morgan fingerprint density at radius 1 is 1.47 bits per heavy atom. The number of esters is 1. The number of carbonyl (C=O) groups excluding carboxylic acids is 1. The van der Waals surface area contributed by atoms with Gasteiger partial charge in [0.15, 0.2) is 11.4 Å². The molecule has 0 aliphatic carbocycles. The summed E-state index contributed by atoms with van der Waals surface area (Å²) in [5, 5.41) is 0. The van der Waals surface area contributed by atoms with Gasteiger partial charge in [0.25, 0.3) is 0 Å². The molecule has 0 radical (unpaired) electrons. The van der Waals surface area contributed by atoms with Crippen LogP contribution in [0.25, 0.3) is 0 Å². The first-order chi connectivity index (χ1) is 8.78. The maximum absolute atomic E-state index is 12.3. The van der Waals surface area contributed by atoms with E-state index in [-0.39, 0.29) is 12.2 Å². The van der Waals surface area contributed by atoms with E-state index >= 15 is 0 Å². The average Bonchev–Trinajstić information content (AvgIpc) is 2.29. The van der Waals surface area contributed by atoms with E-state index in [1.807, 2.05) is 4.98 Å². The number of hydrogen-bond acceptors (Lipinski definition) is 5. The van der Waals surface area contributed by atoms with Gasteiger partial charge in [0, 0.05) is 18.2 Å². The first kappa shape index (κ1) is 15.0. The van der Waals surface area contributed by atoms with Gasteiger partial charge in [-0.05, 0) is 6.92 Å². The number of aromatic amines is 1. The first-order valence-corrected chi connectivity index (χ1v) is 5.17. The number of rotatable bonds is 4. The van der Waals surface area contributed by atoms with Crippen LogP contribution in [0.2, 0.25) is 0 Å². The van der Waals surface area contributed by atoms with Gasteiger partial charge in [-0.3, -0.25) is 4.79 Å². The molecule has 3 N–H and O–H groups in total. The van der Waals surface area contributed by atoms with Gasteiger partial charge in [-0.25, -0.2) is 4.79 Å². The molecule has 0 fully saturated rings. The van der Waals surface area contributed by atoms with Gasteiger partial charge < -0.3 is 20.2 Å². The Kier molecular flexibility index (Phi) is 4.54. The predicted octanol–water partition coefficient (Wildman–Crippen LogP) is 0.909. The molecule has 0 bridgehead atoms. The van der Waals surface area contributed by atoms with Gasteiger partial charge in [-0.15, -0.1) is 13.2 Å². The zero-order chi connectivity index (χ0) is 14.6. The fraction of sp³-hybridized carbons (Fsp3) is 0.400. The second kappa shape index (κ2) is 5.74. The smallest absolute Gasteiger partial charge is 0.461 e. The zero-order valence-corrected chi connectivity index (χ0v) is 9.84. The fourth-order valence-corrected chi connectivity index (χ4v) is 1.33. The molecule has 0 unspecified atom stereocenters. The minimum Gasteiger partial charge on any atom is -0.461 e. The molecule has 19 heavy (non-hydrogen) atoms. The highest BCUT2D eigenvalue weighted by molar-refractivity contribution is 5.90. The van der Waals surface area contributed by atoms with Crippen molar-refractivity contribution in [1.82, 2.24) is 4.98 Å². The molecule has 1 rings (SSSR count). The van der Waals surface area contributed by atoms with Crippen LogP contribution in [0.5, 0.6) is 5.75 Å². The predicted molar refractivity (Wildman–Crippen MR) is 57.6 cm³/mol. The Morgan fingerprint density at radius 2 is 2.11 bits per heavy atom. The molecule has 0 amide bonds. The average molecular weight is 280 g/mol. The van der Waals surface area contributed by atoms with Crippen molar-refractivity contribution in [1.29, 1.82) is 0 Å². The highest BCUT2D eigenvalue weighted by Crippen LogP contribution is 2.28. The summed E-state index contributed by atoms with van der Waals surface area (Å²) in [4.78, 5) is 24.7. The Balaban J connectivity index is 3.37. The summed E-state index contributed by atoms with van der Waals surface area (Å²) in [5.74, 6) is -1.98. The molecule has 1 heterocycles. The van der Waals surface area contributed by atoms with E-state index in [9.17, 15) is 22.8 Å². The number of halogens is 3. The SMILES string of the molecule is CCOC(=O)c1[nH]c(=O)cc(CN)c1OC(F)(F)F. The molecule has 0 spiro atoms. The van der Waals surface area contributed by atoms with Crippen LogP contribution in [0, 0.1) is 0 Å². The maximum atomic E-state index is 12.3. The fourth-order valence-electron chi connectivity index (χ4n) is 1.33. The van der Waals surface area contributed by atoms with Gasteiger partial charge in [-0.2, -0.15) is 0 Å². The minimum absolute atomic E-state index is 0.0703. The van der Waals surface area contributed by atoms with Crippen molar-refractivity contribution < 1.29 is 27.4 Å². The minimum atomic E-state index is -5.02. The summed E-state index contributed by atoms with van der Waals surface area (Å²) in [6.07, 6.45) is -5.02. The van der Waals surface area contributed by atoms with E-state index in [1.165, 1.54) is 6.92 Å². The van der Waals surface area contributed by atoms with Crippen molar-refractivity contribution in [2.24, 2.45) is 5.73 Å². The molecular weight excluding hydrogens is 269 g/mol. The van der Waals surface area contributed by atoms with Crippen molar-refractivity contribution in [3.63, 3.8) is 0 Å². The summed E-state index contributed by atoms with van der Waals surface area (Å²) in [7, 11) is 0. The van der Waals surface area contributed by atoms with Crippen molar-refractivity contribution in [3.8, 4) is 5.75 Å². The molecular formula is C10H11F3N2O4. The summed E-state index contributed by atoms with van der Waals surface area (Å²) >= 11 is 0. The lowest BCUT2D eigenvalue weighted by Gasteiger charge is -2.15. The molecule has 0 saturated heterocycles. The zero-order valence-electron chi connectivity index (χ0n) is 9.84. The highest BCUT2D eigenvalue weighted by Gasteiger charge is 2.35. The molecule has 0 aliphatic heterocycles. The van der Waals surface area contributed by atoms with E-state index in [1.54, 1.807) is 0 Å².